The Morgan fingerprint density at radius 3 is 2.65 bits per heavy atom. The van der Waals surface area contributed by atoms with E-state index in [0.717, 1.165) is 12.1 Å². The van der Waals surface area contributed by atoms with Crippen LogP contribution in [0.3, 0.4) is 0 Å². The molecule has 5 nitrogen and oxygen atoms in total. The van der Waals surface area contributed by atoms with Crippen LogP contribution >= 0.6 is 15.9 Å². The molecule has 0 aliphatic rings. The molecule has 20 heavy (non-hydrogen) atoms. The molecule has 0 fully saturated rings. The number of benzene rings is 1. The van der Waals surface area contributed by atoms with Crippen molar-refractivity contribution in [1.82, 2.24) is 10.0 Å². The Morgan fingerprint density at radius 1 is 1.30 bits per heavy atom. The summed E-state index contributed by atoms with van der Waals surface area (Å²) in [6, 6.07) is 5.24. The van der Waals surface area contributed by atoms with Crippen LogP contribution in [0.5, 0.6) is 0 Å². The van der Waals surface area contributed by atoms with Crippen molar-refractivity contribution in [3.8, 4) is 0 Å². The van der Waals surface area contributed by atoms with Crippen LogP contribution < -0.4 is 10.0 Å². The Balaban J connectivity index is 2.74. The monoisotopic (exact) mass is 364 g/mol. The van der Waals surface area contributed by atoms with Crippen LogP contribution in [-0.2, 0) is 21.3 Å². The minimum absolute atomic E-state index is 0.245. The Bertz CT molecular complexity index is 520. The molecule has 0 atom stereocenters. The largest absolute Gasteiger partial charge is 0.380 e. The number of ether oxygens (including phenoxy) is 1. The zero-order valence-corrected chi connectivity index (χ0v) is 14.2. The van der Waals surface area contributed by atoms with Crippen LogP contribution in [0.1, 0.15) is 19.4 Å². The molecule has 0 spiro atoms. The molecule has 0 aromatic heterocycles. The highest BCUT2D eigenvalue weighted by Gasteiger charge is 2.17. The molecular formula is C13H21BrN2O3S. The fourth-order valence-electron chi connectivity index (χ4n) is 1.61. The van der Waals surface area contributed by atoms with Gasteiger partial charge in [-0.15, -0.1) is 0 Å². The van der Waals surface area contributed by atoms with Crippen molar-refractivity contribution in [3.63, 3.8) is 0 Å². The van der Waals surface area contributed by atoms with E-state index in [1.807, 2.05) is 26.0 Å². The van der Waals surface area contributed by atoms with Crippen LogP contribution in [0, 0.1) is 0 Å². The molecule has 7 heteroatoms. The van der Waals surface area contributed by atoms with Crippen LogP contribution in [0.25, 0.3) is 0 Å². The Morgan fingerprint density at radius 2 is 2.05 bits per heavy atom. The Kier molecular flexibility index (Phi) is 7.68. The topological polar surface area (TPSA) is 67.4 Å². The van der Waals surface area contributed by atoms with Gasteiger partial charge < -0.3 is 10.1 Å². The minimum Gasteiger partial charge on any atom is -0.380 e. The van der Waals surface area contributed by atoms with Gasteiger partial charge in [-0.2, -0.15) is 0 Å². The van der Waals surface area contributed by atoms with Crippen molar-refractivity contribution < 1.29 is 13.2 Å². The van der Waals surface area contributed by atoms with Crippen LogP contribution in [0.4, 0.5) is 0 Å². The lowest BCUT2D eigenvalue weighted by Gasteiger charge is -2.10. The van der Waals surface area contributed by atoms with Crippen molar-refractivity contribution in [2.24, 2.45) is 0 Å². The predicted octanol–water partition coefficient (Wildman–Crippen LogP) is 1.87. The van der Waals surface area contributed by atoms with Crippen molar-refractivity contribution in [2.45, 2.75) is 25.3 Å². The lowest BCUT2D eigenvalue weighted by Crippen LogP contribution is -2.27. The first-order valence-electron chi connectivity index (χ1n) is 6.57. The first-order valence-corrected chi connectivity index (χ1v) is 8.85. The second-order valence-corrected chi connectivity index (χ2v) is 6.73. The van der Waals surface area contributed by atoms with Gasteiger partial charge in [0.15, 0.2) is 0 Å². The number of hydrogen-bond donors (Lipinski definition) is 2. The third-order valence-corrected chi connectivity index (χ3v) is 5.05. The second kappa shape index (κ2) is 8.74. The summed E-state index contributed by atoms with van der Waals surface area (Å²) in [6.07, 6.45) is 0. The third kappa shape index (κ3) is 5.49. The minimum atomic E-state index is -3.51. The van der Waals surface area contributed by atoms with Gasteiger partial charge in [0.05, 0.1) is 11.5 Å². The molecule has 0 radical (unpaired) electrons. The van der Waals surface area contributed by atoms with E-state index in [2.05, 4.69) is 26.0 Å². The van der Waals surface area contributed by atoms with Crippen LogP contribution in [0.2, 0.25) is 0 Å². The lowest BCUT2D eigenvalue weighted by molar-refractivity contribution is 0.153. The van der Waals surface area contributed by atoms with Gasteiger partial charge in [0, 0.05) is 24.2 Å². The van der Waals surface area contributed by atoms with Crippen LogP contribution in [-0.4, -0.2) is 34.7 Å². The summed E-state index contributed by atoms with van der Waals surface area (Å²) in [6.45, 7) is 6.69. The molecule has 0 aliphatic heterocycles. The van der Waals surface area contributed by atoms with Crippen molar-refractivity contribution in [1.29, 1.82) is 0 Å². The molecule has 1 rings (SSSR count). The van der Waals surface area contributed by atoms with E-state index in [-0.39, 0.29) is 11.4 Å². The Hall–Kier alpha value is -0.470. The average Bonchev–Trinajstić information content (AvgIpc) is 2.41. The molecule has 0 saturated heterocycles. The number of rotatable bonds is 9. The third-order valence-electron chi connectivity index (χ3n) is 2.61. The van der Waals surface area contributed by atoms with E-state index < -0.39 is 10.0 Å². The summed E-state index contributed by atoms with van der Waals surface area (Å²) in [7, 11) is -3.51. The second-order valence-electron chi connectivity index (χ2n) is 4.14. The van der Waals surface area contributed by atoms with Gasteiger partial charge in [-0.25, -0.2) is 13.1 Å². The average molecular weight is 365 g/mol. The molecule has 0 bridgehead atoms. The zero-order chi connectivity index (χ0) is 15.0. The number of sulfonamides is 1. The van der Waals surface area contributed by atoms with Crippen LogP contribution in [0.15, 0.2) is 27.6 Å². The van der Waals surface area contributed by atoms with Gasteiger partial charge >= 0.3 is 0 Å². The van der Waals surface area contributed by atoms with Gasteiger partial charge in [-0.3, -0.25) is 0 Å². The van der Waals surface area contributed by atoms with Gasteiger partial charge in [-0.1, -0.05) is 13.0 Å². The molecule has 2 N–H and O–H groups in total. The quantitative estimate of drug-likeness (QED) is 0.656. The Labute approximate surface area is 129 Å². The first-order chi connectivity index (χ1) is 9.51. The SMILES string of the molecule is CCNCc1ccc(S(=O)(=O)NCCOCC)c(Br)c1. The fourth-order valence-corrected chi connectivity index (χ4v) is 3.75. The summed E-state index contributed by atoms with van der Waals surface area (Å²) in [5, 5.41) is 3.20. The smallest absolute Gasteiger partial charge is 0.241 e. The molecule has 1 aromatic rings. The number of halogens is 1. The van der Waals surface area contributed by atoms with Gasteiger partial charge in [-0.05, 0) is 47.1 Å². The van der Waals surface area contributed by atoms with Crippen molar-refractivity contribution >= 4 is 26.0 Å². The number of hydrogen-bond acceptors (Lipinski definition) is 4. The molecule has 0 heterocycles. The highest BCUT2D eigenvalue weighted by atomic mass is 79.9. The fraction of sp³-hybridized carbons (Fsp3) is 0.538. The molecule has 0 amide bonds. The van der Waals surface area contributed by atoms with Crippen molar-refractivity contribution in [3.05, 3.63) is 28.2 Å². The summed E-state index contributed by atoms with van der Waals surface area (Å²) in [5.41, 5.74) is 1.03. The predicted molar refractivity (Wildman–Crippen MR) is 83.2 cm³/mol. The van der Waals surface area contributed by atoms with E-state index in [0.29, 0.717) is 24.2 Å². The maximum Gasteiger partial charge on any atom is 0.241 e. The highest BCUT2D eigenvalue weighted by molar-refractivity contribution is 9.10. The van der Waals surface area contributed by atoms with Gasteiger partial charge in [0.1, 0.15) is 0 Å². The van der Waals surface area contributed by atoms with E-state index in [1.54, 1.807) is 6.07 Å². The summed E-state index contributed by atoms with van der Waals surface area (Å²) in [5.74, 6) is 0. The maximum atomic E-state index is 12.1. The lowest BCUT2D eigenvalue weighted by atomic mass is 10.2. The molecule has 0 saturated carbocycles. The molecule has 0 unspecified atom stereocenters. The normalized spacial score (nSPS) is 11.8. The molecular weight excluding hydrogens is 344 g/mol. The highest BCUT2D eigenvalue weighted by Crippen LogP contribution is 2.23. The van der Waals surface area contributed by atoms with E-state index in [9.17, 15) is 8.42 Å². The van der Waals surface area contributed by atoms with Crippen molar-refractivity contribution in [2.75, 3.05) is 26.3 Å². The standard InChI is InChI=1S/C13H21BrN2O3S/c1-3-15-10-11-5-6-13(12(14)9-11)20(17,18)16-7-8-19-4-2/h5-6,9,15-16H,3-4,7-8,10H2,1-2H3. The van der Waals surface area contributed by atoms with E-state index in [1.165, 1.54) is 0 Å². The summed E-state index contributed by atoms with van der Waals surface area (Å²) < 4.78 is 32.5. The zero-order valence-electron chi connectivity index (χ0n) is 11.8. The molecule has 0 aliphatic carbocycles. The maximum absolute atomic E-state index is 12.1. The molecule has 114 valence electrons. The number of nitrogens with one attached hydrogen (secondary N) is 2. The first kappa shape index (κ1) is 17.6. The van der Waals surface area contributed by atoms with Gasteiger partial charge in [0.25, 0.3) is 0 Å². The summed E-state index contributed by atoms with van der Waals surface area (Å²) >= 11 is 3.32. The molecule has 1 aromatic carbocycles. The van der Waals surface area contributed by atoms with E-state index in [4.69, 9.17) is 4.74 Å². The summed E-state index contributed by atoms with van der Waals surface area (Å²) in [4.78, 5) is 0.245. The van der Waals surface area contributed by atoms with E-state index >= 15 is 0 Å². The van der Waals surface area contributed by atoms with Gasteiger partial charge in [0.2, 0.25) is 10.0 Å².